The largest absolute Gasteiger partial charge is 0.315 e. The van der Waals surface area contributed by atoms with E-state index in [4.69, 9.17) is 0 Å². The molecule has 0 amide bonds. The summed E-state index contributed by atoms with van der Waals surface area (Å²) in [6, 6.07) is 5.72. The Kier molecular flexibility index (Phi) is 3.49. The summed E-state index contributed by atoms with van der Waals surface area (Å²) in [5, 5.41) is 2.97. The molecule has 1 aromatic carbocycles. The molecule has 5 heteroatoms. The van der Waals surface area contributed by atoms with Gasteiger partial charge in [0.05, 0.1) is 0 Å². The molecule has 0 saturated carbocycles. The minimum atomic E-state index is -1.42. The smallest absolute Gasteiger partial charge is 0.195 e. The molecule has 0 radical (unpaired) electrons. The highest BCUT2D eigenvalue weighted by atomic mass is 32.1. The number of hydrogen-bond acceptors (Lipinski definition) is 2. The number of rotatable bonds is 3. The maximum absolute atomic E-state index is 13.5. The van der Waals surface area contributed by atoms with E-state index in [1.807, 2.05) is 6.07 Å². The van der Waals surface area contributed by atoms with E-state index < -0.39 is 17.5 Å². The first-order chi connectivity index (χ1) is 8.13. The Morgan fingerprint density at radius 2 is 1.82 bits per heavy atom. The second kappa shape index (κ2) is 4.89. The maximum Gasteiger partial charge on any atom is 0.195 e. The summed E-state index contributed by atoms with van der Waals surface area (Å²) in [5.41, 5.74) is 0.0938. The van der Waals surface area contributed by atoms with Crippen LogP contribution in [-0.2, 0) is 6.54 Å². The van der Waals surface area contributed by atoms with Crippen molar-refractivity contribution < 1.29 is 13.2 Å². The van der Waals surface area contributed by atoms with E-state index in [0.29, 0.717) is 11.4 Å². The molecule has 1 nitrogen and oxygen atoms in total. The Hall–Kier alpha value is -1.33. The van der Waals surface area contributed by atoms with Gasteiger partial charge in [0, 0.05) is 21.9 Å². The van der Waals surface area contributed by atoms with Crippen molar-refractivity contribution in [3.05, 3.63) is 46.6 Å². The third-order valence-corrected chi connectivity index (χ3v) is 3.43. The average molecular weight is 257 g/mol. The lowest BCUT2D eigenvalue weighted by Gasteiger charge is -2.01. The highest BCUT2D eigenvalue weighted by Crippen LogP contribution is 2.31. The van der Waals surface area contributed by atoms with Gasteiger partial charge in [-0.15, -0.1) is 11.3 Å². The molecule has 0 saturated heterocycles. The van der Waals surface area contributed by atoms with Gasteiger partial charge in [-0.05, 0) is 31.3 Å². The Morgan fingerprint density at radius 3 is 2.53 bits per heavy atom. The molecular formula is C12H10F3NS. The Balaban J connectivity index is 2.42. The molecule has 0 bridgehead atoms. The van der Waals surface area contributed by atoms with Crippen LogP contribution in [0.25, 0.3) is 10.4 Å². The molecule has 0 atom stereocenters. The molecule has 0 fully saturated rings. The summed E-state index contributed by atoms with van der Waals surface area (Å²) >= 11 is 1.35. The van der Waals surface area contributed by atoms with Crippen molar-refractivity contribution in [2.75, 3.05) is 7.05 Å². The fraction of sp³-hybridized carbons (Fsp3) is 0.167. The van der Waals surface area contributed by atoms with Gasteiger partial charge < -0.3 is 5.32 Å². The minimum Gasteiger partial charge on any atom is -0.315 e. The molecule has 0 aliphatic heterocycles. The molecule has 2 rings (SSSR count). The summed E-state index contributed by atoms with van der Waals surface area (Å²) in [7, 11) is 1.80. The van der Waals surface area contributed by atoms with E-state index in [9.17, 15) is 13.2 Å². The minimum absolute atomic E-state index is 0.0938. The van der Waals surface area contributed by atoms with E-state index in [-0.39, 0.29) is 5.56 Å². The summed E-state index contributed by atoms with van der Waals surface area (Å²) in [6.45, 7) is 0.663. The molecule has 2 aromatic rings. The molecular weight excluding hydrogens is 247 g/mol. The first-order valence-electron chi connectivity index (χ1n) is 5.00. The van der Waals surface area contributed by atoms with Gasteiger partial charge in [0.15, 0.2) is 17.5 Å². The molecule has 90 valence electrons. The second-order valence-corrected chi connectivity index (χ2v) is 4.69. The van der Waals surface area contributed by atoms with Crippen molar-refractivity contribution >= 4 is 11.3 Å². The lowest BCUT2D eigenvalue weighted by atomic mass is 10.1. The summed E-state index contributed by atoms with van der Waals surface area (Å²) in [5.74, 6) is -3.73. The Bertz CT molecular complexity index is 537. The van der Waals surface area contributed by atoms with Crippen molar-refractivity contribution in [2.45, 2.75) is 6.54 Å². The van der Waals surface area contributed by atoms with Crippen molar-refractivity contribution in [1.29, 1.82) is 0 Å². The number of hydrogen-bond donors (Lipinski definition) is 1. The van der Waals surface area contributed by atoms with E-state index in [2.05, 4.69) is 5.32 Å². The van der Waals surface area contributed by atoms with Crippen molar-refractivity contribution in [1.82, 2.24) is 5.32 Å². The molecule has 1 aromatic heterocycles. The molecule has 0 unspecified atom stereocenters. The zero-order valence-electron chi connectivity index (χ0n) is 9.06. The van der Waals surface area contributed by atoms with Gasteiger partial charge in [0.25, 0.3) is 0 Å². The van der Waals surface area contributed by atoms with Crippen molar-refractivity contribution in [2.24, 2.45) is 0 Å². The molecule has 1 heterocycles. The SMILES string of the molecule is CNCc1ccc(-c2ccc(F)c(F)c2F)s1. The van der Waals surface area contributed by atoms with Crippen LogP contribution >= 0.6 is 11.3 Å². The highest BCUT2D eigenvalue weighted by Gasteiger charge is 2.15. The monoisotopic (exact) mass is 257 g/mol. The second-order valence-electron chi connectivity index (χ2n) is 3.52. The van der Waals surface area contributed by atoms with Crippen LogP contribution in [0, 0.1) is 17.5 Å². The van der Waals surface area contributed by atoms with Gasteiger partial charge in [-0.1, -0.05) is 0 Å². The van der Waals surface area contributed by atoms with Crippen molar-refractivity contribution in [3.8, 4) is 10.4 Å². The molecule has 0 spiro atoms. The zero-order valence-corrected chi connectivity index (χ0v) is 9.88. The topological polar surface area (TPSA) is 12.0 Å². The van der Waals surface area contributed by atoms with Gasteiger partial charge in [-0.2, -0.15) is 0 Å². The summed E-state index contributed by atoms with van der Waals surface area (Å²) < 4.78 is 39.4. The fourth-order valence-corrected chi connectivity index (χ4v) is 2.55. The van der Waals surface area contributed by atoms with E-state index in [1.165, 1.54) is 17.4 Å². The number of halogens is 3. The first kappa shape index (κ1) is 12.1. The quantitative estimate of drug-likeness (QED) is 0.829. The van der Waals surface area contributed by atoms with Gasteiger partial charge in [0.2, 0.25) is 0 Å². The van der Waals surface area contributed by atoms with E-state index in [0.717, 1.165) is 10.9 Å². The fourth-order valence-electron chi connectivity index (χ4n) is 1.51. The summed E-state index contributed by atoms with van der Waals surface area (Å²) in [6.07, 6.45) is 0. The molecule has 0 aliphatic carbocycles. The van der Waals surface area contributed by atoms with Crippen molar-refractivity contribution in [3.63, 3.8) is 0 Å². The van der Waals surface area contributed by atoms with Gasteiger partial charge in [-0.25, -0.2) is 13.2 Å². The zero-order chi connectivity index (χ0) is 12.4. The Morgan fingerprint density at radius 1 is 1.06 bits per heavy atom. The number of benzene rings is 1. The van der Waals surface area contributed by atoms with E-state index in [1.54, 1.807) is 13.1 Å². The van der Waals surface area contributed by atoms with Gasteiger partial charge in [-0.3, -0.25) is 0 Å². The van der Waals surface area contributed by atoms with Crippen LogP contribution in [0.15, 0.2) is 24.3 Å². The molecule has 0 aliphatic rings. The Labute approximate surface area is 101 Å². The normalized spacial score (nSPS) is 10.8. The van der Waals surface area contributed by atoms with Gasteiger partial charge in [0.1, 0.15) is 0 Å². The van der Waals surface area contributed by atoms with Crippen LogP contribution in [0.3, 0.4) is 0 Å². The predicted molar refractivity (Wildman–Crippen MR) is 62.4 cm³/mol. The van der Waals surface area contributed by atoms with Gasteiger partial charge >= 0.3 is 0 Å². The number of thiophene rings is 1. The molecule has 1 N–H and O–H groups in total. The third kappa shape index (κ3) is 2.35. The molecule has 17 heavy (non-hydrogen) atoms. The lowest BCUT2D eigenvalue weighted by molar-refractivity contribution is 0.449. The third-order valence-electron chi connectivity index (χ3n) is 2.31. The van der Waals surface area contributed by atoms with E-state index >= 15 is 0 Å². The lowest BCUT2D eigenvalue weighted by Crippen LogP contribution is -2.02. The summed E-state index contributed by atoms with van der Waals surface area (Å²) in [4.78, 5) is 1.60. The van der Waals surface area contributed by atoms with Crippen LogP contribution in [0.1, 0.15) is 4.88 Å². The first-order valence-corrected chi connectivity index (χ1v) is 5.82. The van der Waals surface area contributed by atoms with Crippen LogP contribution < -0.4 is 5.32 Å². The maximum atomic E-state index is 13.5. The standard InChI is InChI=1S/C12H10F3NS/c1-16-6-7-2-5-10(17-7)8-3-4-9(13)12(15)11(8)14/h2-5,16H,6H2,1H3. The predicted octanol–water partition coefficient (Wildman–Crippen LogP) is 3.55. The van der Waals surface area contributed by atoms with Crippen LogP contribution in [0.5, 0.6) is 0 Å². The van der Waals surface area contributed by atoms with Crippen LogP contribution in [-0.4, -0.2) is 7.05 Å². The number of nitrogens with one attached hydrogen (secondary N) is 1. The highest BCUT2D eigenvalue weighted by molar-refractivity contribution is 7.15. The average Bonchev–Trinajstić information content (AvgIpc) is 2.75. The van der Waals surface area contributed by atoms with Crippen LogP contribution in [0.4, 0.5) is 13.2 Å². The van der Waals surface area contributed by atoms with Crippen LogP contribution in [0.2, 0.25) is 0 Å².